The maximum absolute atomic E-state index is 10.6. The van der Waals surface area contributed by atoms with Crippen LogP contribution in [0.2, 0.25) is 0 Å². The standard InChI is InChI=1S/C21H28N2O2S.2C2HF3O2/c1-17-6-10-26-20(17)13-23-15-21(16-23)11-18(5-9-25-21)4-8-24-14-19-3-2-7-22-12-19;2*3-2(4,5)1(6)7/h2-3,6-7,10,12,18H,4-5,8-9,11,13-16H2,1H3;2*(H,6,7). The molecule has 15 heteroatoms. The van der Waals surface area contributed by atoms with Crippen LogP contribution in [0, 0.1) is 12.8 Å². The van der Waals surface area contributed by atoms with Crippen LogP contribution < -0.4 is 0 Å². The fourth-order valence-corrected chi connectivity index (χ4v) is 5.12. The topological polar surface area (TPSA) is 109 Å². The predicted octanol–water partition coefficient (Wildman–Crippen LogP) is 5.31. The summed E-state index contributed by atoms with van der Waals surface area (Å²) in [5.41, 5.74) is 2.68. The molecule has 1 unspecified atom stereocenters. The van der Waals surface area contributed by atoms with E-state index in [2.05, 4.69) is 34.3 Å². The number of carbonyl (C=O) groups is 2. The van der Waals surface area contributed by atoms with E-state index in [4.69, 9.17) is 29.3 Å². The average Bonchev–Trinajstić information content (AvgIpc) is 3.25. The van der Waals surface area contributed by atoms with Crippen molar-refractivity contribution in [2.75, 3.05) is 26.3 Å². The Morgan fingerprint density at radius 1 is 1.15 bits per heavy atom. The Morgan fingerprint density at radius 2 is 1.77 bits per heavy atom. The second-order valence-corrected chi connectivity index (χ2v) is 10.4. The minimum atomic E-state index is -5.08. The molecular formula is C25H30F6N2O6S. The zero-order valence-electron chi connectivity index (χ0n) is 21.5. The highest BCUT2D eigenvalue weighted by molar-refractivity contribution is 7.10. The van der Waals surface area contributed by atoms with E-state index in [9.17, 15) is 26.3 Å². The number of hydrogen-bond acceptors (Lipinski definition) is 7. The molecule has 0 bridgehead atoms. The summed E-state index contributed by atoms with van der Waals surface area (Å²) in [6.07, 6.45) is -3.01. The van der Waals surface area contributed by atoms with Crippen molar-refractivity contribution >= 4 is 23.3 Å². The van der Waals surface area contributed by atoms with Crippen molar-refractivity contribution in [1.29, 1.82) is 0 Å². The first-order valence-electron chi connectivity index (χ1n) is 12.1. The number of halogens is 6. The zero-order chi connectivity index (χ0) is 30.0. The Morgan fingerprint density at radius 3 is 2.27 bits per heavy atom. The molecule has 2 fully saturated rings. The third-order valence-electron chi connectivity index (χ3n) is 6.10. The van der Waals surface area contributed by atoms with Gasteiger partial charge in [0.25, 0.3) is 0 Å². The Labute approximate surface area is 230 Å². The molecule has 0 aromatic carbocycles. The Bertz CT molecular complexity index is 1050. The Kier molecular flexibility index (Phi) is 12.3. The summed E-state index contributed by atoms with van der Waals surface area (Å²) in [5.74, 6) is -4.79. The van der Waals surface area contributed by atoms with Gasteiger partial charge in [-0.2, -0.15) is 26.3 Å². The highest BCUT2D eigenvalue weighted by Gasteiger charge is 2.47. The summed E-state index contributed by atoms with van der Waals surface area (Å²) in [6, 6.07) is 6.24. The lowest BCUT2D eigenvalue weighted by Crippen LogP contribution is -2.64. The molecule has 1 atom stereocenters. The normalized spacial score (nSPS) is 18.5. The molecular weight excluding hydrogens is 570 g/mol. The SMILES string of the molecule is Cc1ccsc1CN1CC2(CC(CCOCc3cccnc3)CCO2)C1.O=C(O)C(F)(F)F.O=C(O)C(F)(F)F. The smallest absolute Gasteiger partial charge is 0.475 e. The van der Waals surface area contributed by atoms with E-state index in [1.165, 1.54) is 23.3 Å². The van der Waals surface area contributed by atoms with Gasteiger partial charge in [0, 0.05) is 50.1 Å². The third-order valence-corrected chi connectivity index (χ3v) is 7.11. The average molecular weight is 601 g/mol. The van der Waals surface area contributed by atoms with E-state index in [0.717, 1.165) is 50.8 Å². The number of hydrogen-bond donors (Lipinski definition) is 2. The number of pyridine rings is 1. The molecule has 0 aliphatic carbocycles. The van der Waals surface area contributed by atoms with Crippen LogP contribution in [0.4, 0.5) is 26.3 Å². The molecule has 0 amide bonds. The number of carboxylic acids is 2. The first-order chi connectivity index (χ1) is 18.6. The highest BCUT2D eigenvalue weighted by atomic mass is 32.1. The quantitative estimate of drug-likeness (QED) is 0.326. The number of aromatic nitrogens is 1. The van der Waals surface area contributed by atoms with Crippen molar-refractivity contribution in [3.8, 4) is 0 Å². The van der Waals surface area contributed by atoms with E-state index in [1.54, 1.807) is 6.20 Å². The molecule has 2 aromatic heterocycles. The molecule has 0 radical (unpaired) electrons. The van der Waals surface area contributed by atoms with Gasteiger partial charge in [0.05, 0.1) is 12.2 Å². The number of thiophene rings is 1. The molecule has 4 rings (SSSR count). The van der Waals surface area contributed by atoms with Crippen molar-refractivity contribution in [1.82, 2.24) is 9.88 Å². The molecule has 2 aliphatic rings. The molecule has 2 aromatic rings. The number of ether oxygens (including phenoxy) is 2. The van der Waals surface area contributed by atoms with Crippen LogP contribution in [0.25, 0.3) is 0 Å². The fourth-order valence-electron chi connectivity index (χ4n) is 4.17. The number of aliphatic carboxylic acids is 2. The van der Waals surface area contributed by atoms with Crippen LogP contribution in [-0.4, -0.2) is 76.3 Å². The van der Waals surface area contributed by atoms with Gasteiger partial charge in [-0.1, -0.05) is 6.07 Å². The van der Waals surface area contributed by atoms with E-state index >= 15 is 0 Å². The Hall–Kier alpha value is -2.75. The maximum atomic E-state index is 10.6. The number of nitrogens with zero attached hydrogens (tertiary/aromatic N) is 2. The minimum Gasteiger partial charge on any atom is -0.475 e. The molecule has 224 valence electrons. The van der Waals surface area contributed by atoms with Gasteiger partial charge in [0.15, 0.2) is 0 Å². The fraction of sp³-hybridized carbons (Fsp3) is 0.560. The molecule has 2 aliphatic heterocycles. The van der Waals surface area contributed by atoms with Crippen LogP contribution >= 0.6 is 11.3 Å². The largest absolute Gasteiger partial charge is 0.490 e. The molecule has 4 heterocycles. The van der Waals surface area contributed by atoms with Crippen LogP contribution in [0.3, 0.4) is 0 Å². The van der Waals surface area contributed by atoms with Crippen molar-refractivity contribution in [2.24, 2.45) is 5.92 Å². The molecule has 2 saturated heterocycles. The van der Waals surface area contributed by atoms with Crippen LogP contribution in [0.1, 0.15) is 35.3 Å². The molecule has 1 spiro atoms. The van der Waals surface area contributed by atoms with Gasteiger partial charge >= 0.3 is 24.3 Å². The van der Waals surface area contributed by atoms with Gasteiger partial charge in [-0.05, 0) is 60.7 Å². The number of carboxylic acid groups (broad SMARTS) is 2. The van der Waals surface area contributed by atoms with E-state index < -0.39 is 24.3 Å². The van der Waals surface area contributed by atoms with Gasteiger partial charge in [0.2, 0.25) is 0 Å². The van der Waals surface area contributed by atoms with E-state index in [-0.39, 0.29) is 5.60 Å². The maximum Gasteiger partial charge on any atom is 0.490 e. The van der Waals surface area contributed by atoms with E-state index in [0.29, 0.717) is 6.61 Å². The van der Waals surface area contributed by atoms with Crippen LogP contribution in [0.15, 0.2) is 36.0 Å². The first kappa shape index (κ1) is 33.5. The van der Waals surface area contributed by atoms with Crippen LogP contribution in [-0.2, 0) is 32.2 Å². The number of rotatable bonds is 7. The van der Waals surface area contributed by atoms with Crippen molar-refractivity contribution in [3.05, 3.63) is 52.0 Å². The minimum absolute atomic E-state index is 0.109. The molecule has 2 N–H and O–H groups in total. The lowest BCUT2D eigenvalue weighted by molar-refractivity contribution is -0.193. The molecule has 0 saturated carbocycles. The third kappa shape index (κ3) is 11.4. The van der Waals surface area contributed by atoms with Gasteiger partial charge in [0.1, 0.15) is 0 Å². The van der Waals surface area contributed by atoms with Crippen molar-refractivity contribution < 1.29 is 55.6 Å². The lowest BCUT2D eigenvalue weighted by atomic mass is 9.79. The summed E-state index contributed by atoms with van der Waals surface area (Å²) in [4.78, 5) is 25.9. The molecule has 40 heavy (non-hydrogen) atoms. The summed E-state index contributed by atoms with van der Waals surface area (Å²) in [7, 11) is 0. The molecule has 8 nitrogen and oxygen atoms in total. The predicted molar refractivity (Wildman–Crippen MR) is 132 cm³/mol. The second kappa shape index (κ2) is 14.8. The number of alkyl halides is 6. The number of aryl methyl sites for hydroxylation is 1. The van der Waals surface area contributed by atoms with Gasteiger partial charge in [-0.25, -0.2) is 9.59 Å². The van der Waals surface area contributed by atoms with Gasteiger partial charge in [-0.3, -0.25) is 9.88 Å². The van der Waals surface area contributed by atoms with Gasteiger partial charge in [-0.15, -0.1) is 11.3 Å². The first-order valence-corrected chi connectivity index (χ1v) is 13.0. The summed E-state index contributed by atoms with van der Waals surface area (Å²) in [6.45, 7) is 7.84. The second-order valence-electron chi connectivity index (χ2n) is 9.37. The summed E-state index contributed by atoms with van der Waals surface area (Å²) in [5, 5.41) is 16.4. The summed E-state index contributed by atoms with van der Waals surface area (Å²) < 4.78 is 75.5. The van der Waals surface area contributed by atoms with Crippen molar-refractivity contribution in [2.45, 2.75) is 57.3 Å². The Balaban J connectivity index is 0.000000333. The van der Waals surface area contributed by atoms with E-state index in [1.807, 2.05) is 23.6 Å². The van der Waals surface area contributed by atoms with Crippen molar-refractivity contribution in [3.63, 3.8) is 0 Å². The number of likely N-dealkylation sites (tertiary alicyclic amines) is 1. The highest BCUT2D eigenvalue weighted by Crippen LogP contribution is 2.39. The monoisotopic (exact) mass is 600 g/mol. The lowest BCUT2D eigenvalue weighted by Gasteiger charge is -2.53. The zero-order valence-corrected chi connectivity index (χ0v) is 22.3. The summed E-state index contributed by atoms with van der Waals surface area (Å²) >= 11 is 1.87. The van der Waals surface area contributed by atoms with Gasteiger partial charge < -0.3 is 19.7 Å². The van der Waals surface area contributed by atoms with Crippen LogP contribution in [0.5, 0.6) is 0 Å².